The van der Waals surface area contributed by atoms with Gasteiger partial charge >= 0.3 is 0 Å². The molecule has 1 aromatic carbocycles. The van der Waals surface area contributed by atoms with E-state index in [-0.39, 0.29) is 23.9 Å². The molecule has 0 aliphatic carbocycles. The van der Waals surface area contributed by atoms with Crippen molar-refractivity contribution in [1.82, 2.24) is 19.9 Å². The Hall–Kier alpha value is -3.42. The maximum absolute atomic E-state index is 13.1. The topological polar surface area (TPSA) is 106 Å². The Kier molecular flexibility index (Phi) is 8.62. The fourth-order valence-corrected chi connectivity index (χ4v) is 4.23. The predicted octanol–water partition coefficient (Wildman–Crippen LogP) is 4.67. The van der Waals surface area contributed by atoms with Crippen molar-refractivity contribution in [3.63, 3.8) is 0 Å². The van der Waals surface area contributed by atoms with E-state index in [2.05, 4.69) is 15.3 Å². The molecule has 182 valence electrons. The van der Waals surface area contributed by atoms with Gasteiger partial charge in [-0.05, 0) is 49.9 Å². The molecule has 8 heteroatoms. The molecule has 1 amide bonds. The number of ketones is 2. The van der Waals surface area contributed by atoms with Gasteiger partial charge in [-0.2, -0.15) is 0 Å². The highest BCUT2D eigenvalue weighted by Gasteiger charge is 2.20. The predicted molar refractivity (Wildman–Crippen MR) is 131 cm³/mol. The zero-order valence-electron chi connectivity index (χ0n) is 20.4. The highest BCUT2D eigenvalue weighted by Crippen LogP contribution is 2.27. The number of fused-ring (bicyclic) bond motifs is 1. The fourth-order valence-electron chi connectivity index (χ4n) is 4.23. The van der Waals surface area contributed by atoms with Crippen LogP contribution in [-0.4, -0.2) is 39.1 Å². The summed E-state index contributed by atoms with van der Waals surface area (Å²) in [5, 5.41) is 4.06. The zero-order chi connectivity index (χ0) is 24.7. The van der Waals surface area contributed by atoms with Gasteiger partial charge in [-0.25, -0.2) is 4.98 Å². The Balaban J connectivity index is 1.74. The summed E-state index contributed by atoms with van der Waals surface area (Å²) < 4.78 is 7.09. The van der Waals surface area contributed by atoms with E-state index in [4.69, 9.17) is 4.74 Å². The van der Waals surface area contributed by atoms with Crippen LogP contribution in [0.2, 0.25) is 0 Å². The molecule has 34 heavy (non-hydrogen) atoms. The summed E-state index contributed by atoms with van der Waals surface area (Å²) in [5.41, 5.74) is 3.26. The van der Waals surface area contributed by atoms with E-state index in [0.29, 0.717) is 25.0 Å². The number of H-pyrrole nitrogens is 1. The number of Topliss-reactive ketones (excluding diaryl/α,β-unsaturated/α-hetero) is 2. The van der Waals surface area contributed by atoms with Crippen molar-refractivity contribution in [2.75, 3.05) is 7.11 Å². The first-order valence-electron chi connectivity index (χ1n) is 11.8. The molecular weight excluding hydrogens is 432 g/mol. The molecule has 0 fully saturated rings. The number of methoxy groups -OCH3 is 1. The van der Waals surface area contributed by atoms with Crippen LogP contribution in [0.15, 0.2) is 30.7 Å². The van der Waals surface area contributed by atoms with E-state index in [1.165, 1.54) is 13.1 Å². The Labute approximate surface area is 200 Å². The Morgan fingerprint density at radius 3 is 2.71 bits per heavy atom. The molecule has 0 saturated carbocycles. The number of benzene rings is 1. The lowest BCUT2D eigenvalue weighted by molar-refractivity contribution is -0.122. The van der Waals surface area contributed by atoms with Gasteiger partial charge in [0, 0.05) is 36.4 Å². The molecule has 0 unspecified atom stereocenters. The van der Waals surface area contributed by atoms with Crippen LogP contribution in [0.5, 0.6) is 5.75 Å². The molecule has 2 N–H and O–H groups in total. The van der Waals surface area contributed by atoms with Crippen LogP contribution < -0.4 is 10.1 Å². The van der Waals surface area contributed by atoms with Crippen LogP contribution in [-0.2, 0) is 16.0 Å². The van der Waals surface area contributed by atoms with E-state index in [1.54, 1.807) is 18.0 Å². The van der Waals surface area contributed by atoms with Crippen molar-refractivity contribution < 1.29 is 19.1 Å². The molecule has 8 nitrogen and oxygen atoms in total. The molecular formula is C26H34N4O4. The van der Waals surface area contributed by atoms with Gasteiger partial charge in [-0.1, -0.05) is 13.3 Å². The first kappa shape index (κ1) is 25.2. The first-order chi connectivity index (χ1) is 16.3. The molecule has 1 atom stereocenters. The third-order valence-electron chi connectivity index (χ3n) is 6.18. The number of nitrogens with zero attached hydrogens (tertiary/aromatic N) is 2. The minimum Gasteiger partial charge on any atom is -0.497 e. The molecule has 0 saturated heterocycles. The molecule has 3 aromatic rings. The number of carbonyl (C=O) groups excluding carboxylic acids is 3. The van der Waals surface area contributed by atoms with Crippen molar-refractivity contribution in [2.45, 2.75) is 71.9 Å². The number of rotatable bonds is 13. The number of aryl methyl sites for hydroxylation is 1. The molecule has 2 aromatic heterocycles. The van der Waals surface area contributed by atoms with Crippen LogP contribution in [0.4, 0.5) is 0 Å². The van der Waals surface area contributed by atoms with Crippen LogP contribution in [0.25, 0.3) is 10.9 Å². The van der Waals surface area contributed by atoms with Gasteiger partial charge in [0.1, 0.15) is 23.4 Å². The molecule has 0 bridgehead atoms. The SMILES string of the molecule is CCC(=O)CCCCC[C@@H](NC(=O)Cc1c(C)[nH]c2ccc(OC)cc12)n1cncc1C(C)=O. The summed E-state index contributed by atoms with van der Waals surface area (Å²) >= 11 is 0. The summed E-state index contributed by atoms with van der Waals surface area (Å²) in [7, 11) is 1.62. The van der Waals surface area contributed by atoms with E-state index in [1.807, 2.05) is 32.0 Å². The summed E-state index contributed by atoms with van der Waals surface area (Å²) in [5.74, 6) is 0.757. The van der Waals surface area contributed by atoms with Crippen molar-refractivity contribution >= 4 is 28.4 Å². The summed E-state index contributed by atoms with van der Waals surface area (Å²) in [6.07, 6.45) is 7.23. The third kappa shape index (κ3) is 6.12. The molecule has 0 radical (unpaired) electrons. The Morgan fingerprint density at radius 2 is 2.00 bits per heavy atom. The van der Waals surface area contributed by atoms with Crippen molar-refractivity contribution in [3.05, 3.63) is 47.7 Å². The zero-order valence-corrected chi connectivity index (χ0v) is 20.4. The second-order valence-electron chi connectivity index (χ2n) is 8.63. The number of hydrogen-bond donors (Lipinski definition) is 2. The van der Waals surface area contributed by atoms with E-state index in [9.17, 15) is 14.4 Å². The number of imidazole rings is 1. The number of amides is 1. The second-order valence-corrected chi connectivity index (χ2v) is 8.63. The molecule has 0 spiro atoms. The normalized spacial score (nSPS) is 12.0. The van der Waals surface area contributed by atoms with E-state index < -0.39 is 6.17 Å². The van der Waals surface area contributed by atoms with E-state index in [0.717, 1.165) is 47.2 Å². The smallest absolute Gasteiger partial charge is 0.226 e. The maximum atomic E-state index is 13.1. The monoisotopic (exact) mass is 466 g/mol. The maximum Gasteiger partial charge on any atom is 0.226 e. The lowest BCUT2D eigenvalue weighted by atomic mass is 10.1. The molecule has 2 heterocycles. The summed E-state index contributed by atoms with van der Waals surface area (Å²) in [6, 6.07) is 5.76. The Bertz CT molecular complexity index is 1160. The first-order valence-corrected chi connectivity index (χ1v) is 11.8. The number of unbranched alkanes of at least 4 members (excludes halogenated alkanes) is 2. The van der Waals surface area contributed by atoms with Crippen molar-refractivity contribution in [2.24, 2.45) is 0 Å². The number of aromatic nitrogens is 3. The molecule has 0 aliphatic heterocycles. The fraction of sp³-hybridized carbons (Fsp3) is 0.462. The minimum atomic E-state index is -0.393. The second kappa shape index (κ2) is 11.6. The highest BCUT2D eigenvalue weighted by atomic mass is 16.5. The van der Waals surface area contributed by atoms with Gasteiger partial charge in [-0.15, -0.1) is 0 Å². The number of hydrogen-bond acceptors (Lipinski definition) is 5. The van der Waals surface area contributed by atoms with Crippen molar-refractivity contribution in [1.29, 1.82) is 0 Å². The number of aromatic amines is 1. The molecule has 0 aliphatic rings. The number of ether oxygens (including phenoxy) is 1. The molecule has 3 rings (SSSR count). The van der Waals surface area contributed by atoms with Crippen molar-refractivity contribution in [3.8, 4) is 5.75 Å². The highest BCUT2D eigenvalue weighted by molar-refractivity contribution is 5.93. The quantitative estimate of drug-likeness (QED) is 0.281. The van der Waals surface area contributed by atoms with Crippen LogP contribution in [0.1, 0.15) is 80.3 Å². The lowest BCUT2D eigenvalue weighted by Gasteiger charge is -2.22. The number of nitrogens with one attached hydrogen (secondary N) is 2. The minimum absolute atomic E-state index is 0.107. The summed E-state index contributed by atoms with van der Waals surface area (Å²) in [6.45, 7) is 5.32. The van der Waals surface area contributed by atoms with Gasteiger partial charge < -0.3 is 19.6 Å². The lowest BCUT2D eigenvalue weighted by Crippen LogP contribution is -2.34. The number of carbonyl (C=O) groups is 3. The van der Waals surface area contributed by atoms with Gasteiger partial charge in [0.15, 0.2) is 5.78 Å². The largest absolute Gasteiger partial charge is 0.497 e. The van der Waals surface area contributed by atoms with Gasteiger partial charge in [0.2, 0.25) is 5.91 Å². The Morgan fingerprint density at radius 1 is 1.21 bits per heavy atom. The van der Waals surface area contributed by atoms with Gasteiger partial charge in [0.25, 0.3) is 0 Å². The van der Waals surface area contributed by atoms with E-state index >= 15 is 0 Å². The standard InChI is InChI=1S/C26H34N4O4/c1-5-19(32)9-7-6-8-10-25(30-16-27-15-24(30)18(3)31)29-26(33)14-21-17(2)28-23-12-11-20(34-4)13-22(21)23/h11-13,15-16,25,28H,5-10,14H2,1-4H3,(H,29,33)/t25-/m0/s1. The average Bonchev–Trinajstić information content (AvgIpc) is 3.42. The van der Waals surface area contributed by atoms with Crippen LogP contribution in [0.3, 0.4) is 0 Å². The van der Waals surface area contributed by atoms with Gasteiger partial charge in [-0.3, -0.25) is 14.4 Å². The third-order valence-corrected chi connectivity index (χ3v) is 6.18. The summed E-state index contributed by atoms with van der Waals surface area (Å²) in [4.78, 5) is 44.2. The van der Waals surface area contributed by atoms with Crippen LogP contribution in [0, 0.1) is 6.92 Å². The van der Waals surface area contributed by atoms with Gasteiger partial charge in [0.05, 0.1) is 26.1 Å². The average molecular weight is 467 g/mol. The van der Waals surface area contributed by atoms with Crippen LogP contribution >= 0.6 is 0 Å².